The fourth-order valence-electron chi connectivity index (χ4n) is 4.58. The molecule has 3 aromatic heterocycles. The lowest BCUT2D eigenvalue weighted by Crippen LogP contribution is -2.35. The number of nitrogens with zero attached hydrogens (tertiary/aromatic N) is 4. The molecule has 3 heterocycles. The third kappa shape index (κ3) is 4.92. The first-order valence-electron chi connectivity index (χ1n) is 11.2. The van der Waals surface area contributed by atoms with Crippen molar-refractivity contribution in [1.29, 1.82) is 0 Å². The number of carbonyl (C=O) groups excluding carboxylic acids is 1. The molecule has 2 N–H and O–H groups in total. The first-order chi connectivity index (χ1) is 15.8. The van der Waals surface area contributed by atoms with Crippen LogP contribution in [-0.2, 0) is 4.79 Å². The molecule has 9 heteroatoms. The summed E-state index contributed by atoms with van der Waals surface area (Å²) in [5, 5.41) is 12.2. The number of carboxylic acid groups (broad SMARTS) is 1. The molecule has 33 heavy (non-hydrogen) atoms. The molecule has 1 aliphatic rings. The number of amides is 1. The highest BCUT2D eigenvalue weighted by Gasteiger charge is 2.28. The third-order valence-corrected chi connectivity index (χ3v) is 6.26. The maximum Gasteiger partial charge on any atom is 0.337 e. The van der Waals surface area contributed by atoms with E-state index in [4.69, 9.17) is 5.11 Å². The zero-order chi connectivity index (χ0) is 23.5. The van der Waals surface area contributed by atoms with Crippen LogP contribution in [-0.4, -0.2) is 36.5 Å². The standard InChI is InChI=1S/C24H27N5O4/c1-14-10-15(2)27-21-20(14)23(31)29(13-26-21)18(11-16-6-4-3-5-7-16)22(30)28-19-9-8-17(12-25-19)24(32)33/h8-10,12-13,16,18H,3-7,11H2,1-2H3,(H,32,33)(H,25,28,30). The highest BCUT2D eigenvalue weighted by Crippen LogP contribution is 2.31. The van der Waals surface area contributed by atoms with E-state index >= 15 is 0 Å². The fraction of sp³-hybridized carbons (Fsp3) is 0.417. The average Bonchev–Trinajstić information content (AvgIpc) is 2.78. The number of hydrogen-bond acceptors (Lipinski definition) is 6. The Hall–Kier alpha value is -3.62. The first kappa shape index (κ1) is 22.6. The van der Waals surface area contributed by atoms with Crippen LogP contribution in [0.1, 0.15) is 66.2 Å². The predicted octanol–water partition coefficient (Wildman–Crippen LogP) is 3.65. The number of pyridine rings is 2. The van der Waals surface area contributed by atoms with Crippen molar-refractivity contribution in [1.82, 2.24) is 19.5 Å². The molecule has 0 aliphatic heterocycles. The van der Waals surface area contributed by atoms with Gasteiger partial charge in [-0.25, -0.2) is 19.7 Å². The molecule has 1 fully saturated rings. The molecule has 3 aromatic rings. The smallest absolute Gasteiger partial charge is 0.337 e. The molecule has 0 spiro atoms. The van der Waals surface area contributed by atoms with Crippen LogP contribution < -0.4 is 10.9 Å². The maximum atomic E-state index is 13.4. The number of anilines is 1. The molecule has 0 bridgehead atoms. The number of carboxylic acids is 1. The van der Waals surface area contributed by atoms with Gasteiger partial charge in [0.15, 0.2) is 5.65 Å². The lowest BCUT2D eigenvalue weighted by molar-refractivity contribution is -0.120. The third-order valence-electron chi connectivity index (χ3n) is 6.26. The number of hydrogen-bond donors (Lipinski definition) is 2. The SMILES string of the molecule is Cc1cc(C)c2c(=O)n(C(CC3CCCCC3)C(=O)Nc3ccc(C(=O)O)cn3)cnc2n1. The molecule has 172 valence electrons. The Morgan fingerprint density at radius 1 is 1.18 bits per heavy atom. The van der Waals surface area contributed by atoms with E-state index in [2.05, 4.69) is 20.3 Å². The molecular weight excluding hydrogens is 422 g/mol. The van der Waals surface area contributed by atoms with Gasteiger partial charge in [0.1, 0.15) is 18.2 Å². The molecule has 4 rings (SSSR count). The van der Waals surface area contributed by atoms with Gasteiger partial charge in [0.05, 0.1) is 10.9 Å². The van der Waals surface area contributed by atoms with Gasteiger partial charge >= 0.3 is 5.97 Å². The van der Waals surface area contributed by atoms with Crippen molar-refractivity contribution in [2.75, 3.05) is 5.32 Å². The summed E-state index contributed by atoms with van der Waals surface area (Å²) >= 11 is 0. The van der Waals surface area contributed by atoms with Gasteiger partial charge in [0.2, 0.25) is 5.91 Å². The Labute approximate surface area is 190 Å². The summed E-state index contributed by atoms with van der Waals surface area (Å²) in [5.41, 5.74) is 1.65. The number of rotatable bonds is 6. The zero-order valence-corrected chi connectivity index (χ0v) is 18.7. The number of carbonyl (C=O) groups is 2. The van der Waals surface area contributed by atoms with E-state index in [9.17, 15) is 14.4 Å². The van der Waals surface area contributed by atoms with E-state index in [0.29, 0.717) is 23.4 Å². The van der Waals surface area contributed by atoms with Crippen LogP contribution in [0.15, 0.2) is 35.5 Å². The van der Waals surface area contributed by atoms with E-state index in [0.717, 1.165) is 36.9 Å². The van der Waals surface area contributed by atoms with Gasteiger partial charge in [-0.2, -0.15) is 0 Å². The van der Waals surface area contributed by atoms with Gasteiger partial charge < -0.3 is 10.4 Å². The van der Waals surface area contributed by atoms with Crippen LogP contribution in [0.25, 0.3) is 11.0 Å². The second-order valence-corrected chi connectivity index (χ2v) is 8.72. The van der Waals surface area contributed by atoms with Crippen molar-refractivity contribution >= 4 is 28.7 Å². The number of aromatic carboxylic acids is 1. The molecule has 1 unspecified atom stereocenters. The first-order valence-corrected chi connectivity index (χ1v) is 11.2. The topological polar surface area (TPSA) is 127 Å². The number of aryl methyl sites for hydroxylation is 2. The van der Waals surface area contributed by atoms with Crippen molar-refractivity contribution < 1.29 is 14.7 Å². The van der Waals surface area contributed by atoms with E-state index in [1.54, 1.807) is 0 Å². The highest BCUT2D eigenvalue weighted by atomic mass is 16.4. The summed E-state index contributed by atoms with van der Waals surface area (Å²) in [6, 6.07) is 3.89. The Morgan fingerprint density at radius 3 is 2.61 bits per heavy atom. The van der Waals surface area contributed by atoms with Gasteiger partial charge in [-0.3, -0.25) is 14.2 Å². The van der Waals surface area contributed by atoms with Gasteiger partial charge in [-0.15, -0.1) is 0 Å². The van der Waals surface area contributed by atoms with Gasteiger partial charge in [0, 0.05) is 11.9 Å². The molecule has 1 atom stereocenters. The molecule has 9 nitrogen and oxygen atoms in total. The highest BCUT2D eigenvalue weighted by molar-refractivity contribution is 5.94. The monoisotopic (exact) mass is 449 g/mol. The Morgan fingerprint density at radius 2 is 1.94 bits per heavy atom. The van der Waals surface area contributed by atoms with Crippen LogP contribution >= 0.6 is 0 Å². The summed E-state index contributed by atoms with van der Waals surface area (Å²) in [7, 11) is 0. The largest absolute Gasteiger partial charge is 0.478 e. The van der Waals surface area contributed by atoms with Crippen molar-refractivity contribution in [3.05, 3.63) is 57.9 Å². The van der Waals surface area contributed by atoms with E-state index in [-0.39, 0.29) is 22.8 Å². The molecular formula is C24H27N5O4. The molecule has 0 aromatic carbocycles. The van der Waals surface area contributed by atoms with Crippen molar-refractivity contribution in [3.8, 4) is 0 Å². The normalized spacial score (nSPS) is 15.3. The van der Waals surface area contributed by atoms with Gasteiger partial charge in [-0.1, -0.05) is 32.1 Å². The van der Waals surface area contributed by atoms with Crippen LogP contribution in [0.2, 0.25) is 0 Å². The molecule has 1 aliphatic carbocycles. The van der Waals surface area contributed by atoms with Crippen LogP contribution in [0.4, 0.5) is 5.82 Å². The van der Waals surface area contributed by atoms with E-state index in [1.807, 2.05) is 19.9 Å². The maximum absolute atomic E-state index is 13.4. The van der Waals surface area contributed by atoms with Crippen molar-refractivity contribution in [2.24, 2.45) is 5.92 Å². The van der Waals surface area contributed by atoms with Crippen LogP contribution in [0, 0.1) is 19.8 Å². The summed E-state index contributed by atoms with van der Waals surface area (Å²) < 4.78 is 1.40. The van der Waals surface area contributed by atoms with Gasteiger partial charge in [-0.05, 0) is 49.9 Å². The lowest BCUT2D eigenvalue weighted by Gasteiger charge is -2.27. The summed E-state index contributed by atoms with van der Waals surface area (Å²) in [6.07, 6.45) is 8.57. The second kappa shape index (κ2) is 9.48. The predicted molar refractivity (Wildman–Crippen MR) is 123 cm³/mol. The fourth-order valence-corrected chi connectivity index (χ4v) is 4.58. The molecule has 0 radical (unpaired) electrons. The number of nitrogens with one attached hydrogen (secondary N) is 1. The van der Waals surface area contributed by atoms with E-state index in [1.165, 1.54) is 35.6 Å². The minimum atomic E-state index is -1.09. The number of aromatic nitrogens is 4. The summed E-state index contributed by atoms with van der Waals surface area (Å²) in [5.74, 6) is -0.911. The summed E-state index contributed by atoms with van der Waals surface area (Å²) in [4.78, 5) is 50.7. The minimum absolute atomic E-state index is 0.0278. The Kier molecular flexibility index (Phi) is 6.48. The molecule has 1 saturated carbocycles. The van der Waals surface area contributed by atoms with Gasteiger partial charge in [0.25, 0.3) is 5.56 Å². The van der Waals surface area contributed by atoms with E-state index < -0.39 is 12.0 Å². The number of fused-ring (bicyclic) bond motifs is 1. The minimum Gasteiger partial charge on any atom is -0.478 e. The Balaban J connectivity index is 1.70. The summed E-state index contributed by atoms with van der Waals surface area (Å²) in [6.45, 7) is 3.69. The molecule has 0 saturated heterocycles. The lowest BCUT2D eigenvalue weighted by atomic mass is 9.84. The molecule has 1 amide bonds. The van der Waals surface area contributed by atoms with Crippen LogP contribution in [0.3, 0.4) is 0 Å². The average molecular weight is 450 g/mol. The second-order valence-electron chi connectivity index (χ2n) is 8.72. The quantitative estimate of drug-likeness (QED) is 0.588. The Bertz CT molecular complexity index is 1250. The zero-order valence-electron chi connectivity index (χ0n) is 18.7. The van der Waals surface area contributed by atoms with Crippen LogP contribution in [0.5, 0.6) is 0 Å². The van der Waals surface area contributed by atoms with Crippen molar-refractivity contribution in [2.45, 2.75) is 58.4 Å². The van der Waals surface area contributed by atoms with Crippen molar-refractivity contribution in [3.63, 3.8) is 0 Å².